The van der Waals surface area contributed by atoms with E-state index in [1.54, 1.807) is 0 Å². The lowest BCUT2D eigenvalue weighted by atomic mass is 10.2. The Kier molecular flexibility index (Phi) is 4.77. The van der Waals surface area contributed by atoms with Gasteiger partial charge < -0.3 is 4.90 Å². The van der Waals surface area contributed by atoms with Crippen molar-refractivity contribution in [2.24, 2.45) is 0 Å². The average Bonchev–Trinajstić information content (AvgIpc) is 2.40. The first-order valence-electron chi connectivity index (χ1n) is 6.07. The molecule has 0 N–H and O–H groups in total. The first kappa shape index (κ1) is 14.3. The molecule has 1 aromatic heterocycles. The van der Waals surface area contributed by atoms with Gasteiger partial charge in [0.1, 0.15) is 16.2 Å². The Morgan fingerprint density at radius 2 is 1.89 bits per heavy atom. The third-order valence-electron chi connectivity index (χ3n) is 2.77. The highest BCUT2D eigenvalue weighted by molar-refractivity contribution is 9.10. The van der Waals surface area contributed by atoms with Gasteiger partial charge in [-0.25, -0.2) is 9.97 Å². The number of aryl methyl sites for hydroxylation is 1. The van der Waals surface area contributed by atoms with Crippen LogP contribution in [0.3, 0.4) is 0 Å². The number of nitrogens with zero attached hydrogens (tertiary/aromatic N) is 3. The third kappa shape index (κ3) is 3.91. The molecule has 19 heavy (non-hydrogen) atoms. The van der Waals surface area contributed by atoms with Gasteiger partial charge >= 0.3 is 0 Å². The van der Waals surface area contributed by atoms with E-state index in [1.165, 1.54) is 5.56 Å². The molecule has 3 nitrogen and oxygen atoms in total. The molecule has 100 valence electrons. The van der Waals surface area contributed by atoms with Crippen molar-refractivity contribution < 1.29 is 0 Å². The van der Waals surface area contributed by atoms with Gasteiger partial charge in [0.25, 0.3) is 0 Å². The van der Waals surface area contributed by atoms with Crippen molar-refractivity contribution in [1.82, 2.24) is 9.97 Å². The number of aromatic nitrogens is 2. The number of halogens is 2. The largest absolute Gasteiger partial charge is 0.355 e. The molecule has 0 amide bonds. The first-order chi connectivity index (χ1) is 9.08. The van der Waals surface area contributed by atoms with Crippen LogP contribution in [-0.4, -0.2) is 17.0 Å². The molecule has 1 aromatic carbocycles. The van der Waals surface area contributed by atoms with E-state index in [4.69, 9.17) is 11.6 Å². The topological polar surface area (TPSA) is 29.0 Å². The van der Waals surface area contributed by atoms with Gasteiger partial charge in [-0.2, -0.15) is 0 Å². The van der Waals surface area contributed by atoms with Crippen LogP contribution >= 0.6 is 27.5 Å². The van der Waals surface area contributed by atoms with Crippen molar-refractivity contribution in [1.29, 1.82) is 0 Å². The summed E-state index contributed by atoms with van der Waals surface area (Å²) >= 11 is 9.31. The number of hydrogen-bond acceptors (Lipinski definition) is 3. The molecule has 0 aliphatic rings. The van der Waals surface area contributed by atoms with Gasteiger partial charge in [0.05, 0.1) is 0 Å². The lowest BCUT2D eigenvalue weighted by Crippen LogP contribution is -2.18. The quantitative estimate of drug-likeness (QED) is 0.785. The van der Waals surface area contributed by atoms with Gasteiger partial charge in [0.2, 0.25) is 0 Å². The van der Waals surface area contributed by atoms with Crippen LogP contribution in [0.1, 0.15) is 18.3 Å². The molecule has 0 aliphatic heterocycles. The molecule has 0 unspecified atom stereocenters. The van der Waals surface area contributed by atoms with E-state index in [9.17, 15) is 0 Å². The number of benzene rings is 1. The molecule has 2 aromatic rings. The van der Waals surface area contributed by atoms with E-state index in [-0.39, 0.29) is 0 Å². The molecule has 0 aliphatic carbocycles. The predicted molar refractivity (Wildman–Crippen MR) is 82.7 cm³/mol. The van der Waals surface area contributed by atoms with Crippen LogP contribution in [0, 0.1) is 0 Å². The van der Waals surface area contributed by atoms with Gasteiger partial charge in [-0.05, 0) is 33.6 Å². The van der Waals surface area contributed by atoms with E-state index in [2.05, 4.69) is 30.8 Å². The molecule has 0 saturated carbocycles. The summed E-state index contributed by atoms with van der Waals surface area (Å²) in [5.41, 5.74) is 1.19. The molecule has 0 spiro atoms. The van der Waals surface area contributed by atoms with Gasteiger partial charge in [-0.15, -0.1) is 0 Å². The second-order valence-electron chi connectivity index (χ2n) is 4.30. The van der Waals surface area contributed by atoms with Crippen LogP contribution in [-0.2, 0) is 13.0 Å². The lowest BCUT2D eigenvalue weighted by molar-refractivity contribution is 0.853. The second-order valence-corrected chi connectivity index (χ2v) is 5.55. The van der Waals surface area contributed by atoms with E-state index in [0.717, 1.165) is 34.2 Å². The van der Waals surface area contributed by atoms with Crippen molar-refractivity contribution in [3.8, 4) is 0 Å². The Labute approximate surface area is 126 Å². The SMILES string of the molecule is CCc1nc(Br)cc(N(C)Cc2ccc(Cl)cc2)n1. The van der Waals surface area contributed by atoms with Crippen LogP contribution in [0.25, 0.3) is 0 Å². The van der Waals surface area contributed by atoms with Gasteiger partial charge in [-0.1, -0.05) is 30.7 Å². The van der Waals surface area contributed by atoms with E-state index < -0.39 is 0 Å². The van der Waals surface area contributed by atoms with Crippen molar-refractivity contribution in [3.05, 3.63) is 51.3 Å². The van der Waals surface area contributed by atoms with Crippen LogP contribution in [0.15, 0.2) is 34.9 Å². The number of hydrogen-bond donors (Lipinski definition) is 0. The molecule has 1 heterocycles. The fourth-order valence-corrected chi connectivity index (χ4v) is 2.29. The minimum absolute atomic E-state index is 0.754. The highest BCUT2D eigenvalue weighted by Crippen LogP contribution is 2.18. The average molecular weight is 341 g/mol. The van der Waals surface area contributed by atoms with Crippen molar-refractivity contribution >= 4 is 33.3 Å². The van der Waals surface area contributed by atoms with E-state index in [0.29, 0.717) is 0 Å². The minimum atomic E-state index is 0.754. The van der Waals surface area contributed by atoms with E-state index in [1.807, 2.05) is 44.3 Å². The molecule has 0 bridgehead atoms. The van der Waals surface area contributed by atoms with Gasteiger partial charge in [0.15, 0.2) is 0 Å². The number of rotatable bonds is 4. The Balaban J connectivity index is 2.17. The zero-order valence-electron chi connectivity index (χ0n) is 10.9. The maximum Gasteiger partial charge on any atom is 0.133 e. The molecule has 0 radical (unpaired) electrons. The predicted octanol–water partition coefficient (Wildman–Crippen LogP) is 4.09. The normalized spacial score (nSPS) is 10.5. The summed E-state index contributed by atoms with van der Waals surface area (Å²) in [4.78, 5) is 10.9. The third-order valence-corrected chi connectivity index (χ3v) is 3.43. The Hall–Kier alpha value is -1.13. The van der Waals surface area contributed by atoms with E-state index >= 15 is 0 Å². The smallest absolute Gasteiger partial charge is 0.133 e. The van der Waals surface area contributed by atoms with Gasteiger partial charge in [0, 0.05) is 31.1 Å². The zero-order chi connectivity index (χ0) is 13.8. The minimum Gasteiger partial charge on any atom is -0.355 e. The Morgan fingerprint density at radius 3 is 2.53 bits per heavy atom. The molecular weight excluding hydrogens is 326 g/mol. The molecular formula is C14H15BrClN3. The van der Waals surface area contributed by atoms with Crippen LogP contribution < -0.4 is 4.90 Å². The molecule has 5 heteroatoms. The Morgan fingerprint density at radius 1 is 1.21 bits per heavy atom. The summed E-state index contributed by atoms with van der Waals surface area (Å²) in [7, 11) is 2.02. The molecule has 0 fully saturated rings. The van der Waals surface area contributed by atoms with Crippen molar-refractivity contribution in [2.75, 3.05) is 11.9 Å². The molecule has 2 rings (SSSR count). The highest BCUT2D eigenvalue weighted by Gasteiger charge is 2.07. The van der Waals surface area contributed by atoms with Crippen LogP contribution in [0.2, 0.25) is 5.02 Å². The summed E-state index contributed by atoms with van der Waals surface area (Å²) in [6.07, 6.45) is 0.821. The van der Waals surface area contributed by atoms with Gasteiger partial charge in [-0.3, -0.25) is 0 Å². The van der Waals surface area contributed by atoms with Crippen LogP contribution in [0.5, 0.6) is 0 Å². The summed E-state index contributed by atoms with van der Waals surface area (Å²) in [6.45, 7) is 2.83. The van der Waals surface area contributed by atoms with Crippen LogP contribution in [0.4, 0.5) is 5.82 Å². The summed E-state index contributed by atoms with van der Waals surface area (Å²) in [5.74, 6) is 1.75. The molecule has 0 atom stereocenters. The second kappa shape index (κ2) is 6.35. The number of anilines is 1. The van der Waals surface area contributed by atoms with Crippen molar-refractivity contribution in [3.63, 3.8) is 0 Å². The first-order valence-corrected chi connectivity index (χ1v) is 7.24. The maximum atomic E-state index is 5.89. The molecule has 0 saturated heterocycles. The zero-order valence-corrected chi connectivity index (χ0v) is 13.2. The highest BCUT2D eigenvalue weighted by atomic mass is 79.9. The lowest BCUT2D eigenvalue weighted by Gasteiger charge is -2.19. The monoisotopic (exact) mass is 339 g/mol. The summed E-state index contributed by atoms with van der Waals surface area (Å²) < 4.78 is 0.817. The Bertz CT molecular complexity index is 557. The summed E-state index contributed by atoms with van der Waals surface area (Å²) in [6, 6.07) is 9.77. The summed E-state index contributed by atoms with van der Waals surface area (Å²) in [5, 5.41) is 0.754. The maximum absolute atomic E-state index is 5.89. The standard InChI is InChI=1S/C14H15BrClN3/c1-3-13-17-12(15)8-14(18-13)19(2)9-10-4-6-11(16)7-5-10/h4-8H,3,9H2,1-2H3. The fraction of sp³-hybridized carbons (Fsp3) is 0.286. The van der Waals surface area contributed by atoms with Crippen molar-refractivity contribution in [2.45, 2.75) is 19.9 Å². The fourth-order valence-electron chi connectivity index (χ4n) is 1.75.